The maximum absolute atomic E-state index is 15.2. The summed E-state index contributed by atoms with van der Waals surface area (Å²) in [7, 11) is 1.84. The molecule has 0 unspecified atom stereocenters. The molecule has 7 nitrogen and oxygen atoms in total. The molecule has 0 spiro atoms. The normalized spacial score (nSPS) is 12.4. The highest BCUT2D eigenvalue weighted by Gasteiger charge is 2.28. The Bertz CT molecular complexity index is 1500. The molecule has 0 atom stereocenters. The first-order chi connectivity index (χ1) is 17.4. The van der Waals surface area contributed by atoms with Crippen molar-refractivity contribution in [2.75, 3.05) is 12.4 Å². The van der Waals surface area contributed by atoms with E-state index in [0.29, 0.717) is 40.2 Å². The van der Waals surface area contributed by atoms with Crippen molar-refractivity contribution < 1.29 is 18.4 Å². The zero-order chi connectivity index (χ0) is 25.4. The smallest absolute Gasteiger partial charge is 0.255 e. The van der Waals surface area contributed by atoms with E-state index in [9.17, 15) is 14.0 Å². The van der Waals surface area contributed by atoms with Crippen LogP contribution in [0, 0.1) is 18.6 Å². The minimum Gasteiger partial charge on any atom is -0.348 e. The SMILES string of the molecule is CNCc1nc(-c2ccc(-c3ccc(NC(=O)c4ccc(F)cc4)cc3F)c3c2C(=O)NC3)[nH]c1C. The van der Waals surface area contributed by atoms with Crippen molar-refractivity contribution in [3.63, 3.8) is 0 Å². The number of aryl methyl sites for hydroxylation is 1. The lowest BCUT2D eigenvalue weighted by Crippen LogP contribution is -2.13. The molecule has 0 saturated heterocycles. The molecule has 0 saturated carbocycles. The first-order valence-electron chi connectivity index (χ1n) is 11.4. The van der Waals surface area contributed by atoms with Gasteiger partial charge < -0.3 is 20.9 Å². The molecule has 0 bridgehead atoms. The Kier molecular flexibility index (Phi) is 6.07. The van der Waals surface area contributed by atoms with Crippen molar-refractivity contribution in [3.8, 4) is 22.5 Å². The number of imidazole rings is 1. The molecule has 0 radical (unpaired) electrons. The van der Waals surface area contributed by atoms with E-state index in [0.717, 1.165) is 11.4 Å². The summed E-state index contributed by atoms with van der Waals surface area (Å²) in [6.07, 6.45) is 0. The van der Waals surface area contributed by atoms with Gasteiger partial charge in [-0.3, -0.25) is 9.59 Å². The highest BCUT2D eigenvalue weighted by Crippen LogP contribution is 2.37. The summed E-state index contributed by atoms with van der Waals surface area (Å²) in [5.41, 5.74) is 4.96. The number of nitrogens with zero attached hydrogens (tertiary/aromatic N) is 1. The zero-order valence-corrected chi connectivity index (χ0v) is 19.6. The fourth-order valence-electron chi connectivity index (χ4n) is 4.38. The number of halogens is 2. The Morgan fingerprint density at radius 2 is 1.75 bits per heavy atom. The first-order valence-corrected chi connectivity index (χ1v) is 11.4. The number of anilines is 1. The lowest BCUT2D eigenvalue weighted by molar-refractivity contribution is 0.0965. The molecule has 1 aliphatic rings. The summed E-state index contributed by atoms with van der Waals surface area (Å²) in [4.78, 5) is 33.0. The second kappa shape index (κ2) is 9.35. The lowest BCUT2D eigenvalue weighted by atomic mass is 9.92. The van der Waals surface area contributed by atoms with E-state index >= 15 is 4.39 Å². The number of aromatic nitrogens is 2. The molecule has 9 heteroatoms. The number of rotatable bonds is 6. The van der Waals surface area contributed by atoms with Crippen LogP contribution in [0.15, 0.2) is 54.6 Å². The van der Waals surface area contributed by atoms with E-state index in [1.807, 2.05) is 14.0 Å². The molecular formula is C27H23F2N5O2. The van der Waals surface area contributed by atoms with Gasteiger partial charge in [0.1, 0.15) is 17.5 Å². The molecular weight excluding hydrogens is 464 g/mol. The van der Waals surface area contributed by atoms with Crippen LogP contribution in [0.3, 0.4) is 0 Å². The van der Waals surface area contributed by atoms with Crippen LogP contribution in [0.1, 0.15) is 37.7 Å². The molecule has 2 heterocycles. The van der Waals surface area contributed by atoms with Crippen molar-refractivity contribution in [3.05, 3.63) is 94.3 Å². The number of hydrogen-bond donors (Lipinski definition) is 4. The third kappa shape index (κ3) is 4.25. The second-order valence-electron chi connectivity index (χ2n) is 8.54. The quantitative estimate of drug-likeness (QED) is 0.321. The molecule has 1 aromatic heterocycles. The third-order valence-electron chi connectivity index (χ3n) is 6.17. The average Bonchev–Trinajstić information content (AvgIpc) is 3.42. The highest BCUT2D eigenvalue weighted by molar-refractivity contribution is 6.06. The molecule has 36 heavy (non-hydrogen) atoms. The monoisotopic (exact) mass is 487 g/mol. The van der Waals surface area contributed by atoms with Crippen LogP contribution < -0.4 is 16.0 Å². The van der Waals surface area contributed by atoms with Crippen molar-refractivity contribution in [1.82, 2.24) is 20.6 Å². The predicted octanol–water partition coefficient (Wildman–Crippen LogP) is 4.55. The minimum atomic E-state index is -0.550. The van der Waals surface area contributed by atoms with Crippen LogP contribution in [-0.2, 0) is 13.1 Å². The van der Waals surface area contributed by atoms with Crippen LogP contribution in [0.4, 0.5) is 14.5 Å². The number of aromatic amines is 1. The van der Waals surface area contributed by atoms with Gasteiger partial charge >= 0.3 is 0 Å². The molecule has 4 aromatic rings. The van der Waals surface area contributed by atoms with Gasteiger partial charge in [0.15, 0.2) is 0 Å². The molecule has 0 fully saturated rings. The maximum Gasteiger partial charge on any atom is 0.255 e. The Hall–Kier alpha value is -4.37. The summed E-state index contributed by atoms with van der Waals surface area (Å²) in [5.74, 6) is -1.14. The van der Waals surface area contributed by atoms with Crippen LogP contribution >= 0.6 is 0 Å². The summed E-state index contributed by atoms with van der Waals surface area (Å²) < 4.78 is 28.4. The van der Waals surface area contributed by atoms with E-state index in [1.165, 1.54) is 30.3 Å². The number of H-pyrrole nitrogens is 1. The highest BCUT2D eigenvalue weighted by atomic mass is 19.1. The molecule has 0 aliphatic carbocycles. The van der Waals surface area contributed by atoms with E-state index in [-0.39, 0.29) is 23.7 Å². The predicted molar refractivity (Wildman–Crippen MR) is 132 cm³/mol. The largest absolute Gasteiger partial charge is 0.348 e. The van der Waals surface area contributed by atoms with Gasteiger partial charge in [-0.25, -0.2) is 13.8 Å². The Balaban J connectivity index is 1.48. The van der Waals surface area contributed by atoms with E-state index < -0.39 is 17.5 Å². The first kappa shape index (κ1) is 23.4. The van der Waals surface area contributed by atoms with E-state index in [4.69, 9.17) is 0 Å². The fraction of sp³-hybridized carbons (Fsp3) is 0.148. The van der Waals surface area contributed by atoms with Gasteiger partial charge in [0.05, 0.1) is 11.3 Å². The van der Waals surface area contributed by atoms with Gasteiger partial charge in [0.2, 0.25) is 0 Å². The minimum absolute atomic E-state index is 0.241. The number of carbonyl (C=O) groups excluding carboxylic acids is 2. The Morgan fingerprint density at radius 1 is 1.03 bits per heavy atom. The van der Waals surface area contributed by atoms with Gasteiger partial charge in [-0.1, -0.05) is 6.07 Å². The van der Waals surface area contributed by atoms with Crippen molar-refractivity contribution in [2.24, 2.45) is 0 Å². The summed E-state index contributed by atoms with van der Waals surface area (Å²) in [6.45, 7) is 2.77. The number of carbonyl (C=O) groups is 2. The Morgan fingerprint density at radius 3 is 2.47 bits per heavy atom. The average molecular weight is 488 g/mol. The fourth-order valence-corrected chi connectivity index (χ4v) is 4.38. The lowest BCUT2D eigenvalue weighted by Gasteiger charge is -2.13. The molecule has 5 rings (SSSR count). The number of amides is 2. The zero-order valence-electron chi connectivity index (χ0n) is 19.6. The molecule has 1 aliphatic heterocycles. The Labute approximate surface area is 206 Å². The van der Waals surface area contributed by atoms with E-state index in [2.05, 4.69) is 25.9 Å². The number of fused-ring (bicyclic) bond motifs is 1. The number of nitrogens with one attached hydrogen (secondary N) is 4. The second-order valence-corrected chi connectivity index (χ2v) is 8.54. The molecule has 2 amide bonds. The maximum atomic E-state index is 15.2. The van der Waals surface area contributed by atoms with Gasteiger partial charge in [-0.2, -0.15) is 0 Å². The molecule has 4 N–H and O–H groups in total. The van der Waals surface area contributed by atoms with Gasteiger partial charge in [0.25, 0.3) is 11.8 Å². The molecule has 182 valence electrons. The standard InChI is InChI=1S/C27H23F2N5O2/c1-14-23(13-30-2)34-25(32-14)20-10-9-18(21-12-31-27(36)24(20)21)19-8-7-17(11-22(19)29)33-26(35)15-3-5-16(28)6-4-15/h3-11,30H,12-13H2,1-2H3,(H,31,36)(H,32,34)(H,33,35). The van der Waals surface area contributed by atoms with E-state index in [1.54, 1.807) is 24.3 Å². The van der Waals surface area contributed by atoms with Crippen molar-refractivity contribution in [1.29, 1.82) is 0 Å². The van der Waals surface area contributed by atoms with Crippen LogP contribution in [-0.4, -0.2) is 28.8 Å². The van der Waals surface area contributed by atoms with Gasteiger partial charge in [0, 0.05) is 41.2 Å². The van der Waals surface area contributed by atoms with Crippen molar-refractivity contribution in [2.45, 2.75) is 20.0 Å². The number of hydrogen-bond acceptors (Lipinski definition) is 4. The summed E-state index contributed by atoms with van der Waals surface area (Å²) in [5, 5.41) is 8.52. The molecule has 3 aromatic carbocycles. The van der Waals surface area contributed by atoms with Crippen LogP contribution in [0.5, 0.6) is 0 Å². The topological polar surface area (TPSA) is 98.9 Å². The van der Waals surface area contributed by atoms with Crippen molar-refractivity contribution >= 4 is 17.5 Å². The van der Waals surface area contributed by atoms with Crippen LogP contribution in [0.2, 0.25) is 0 Å². The van der Waals surface area contributed by atoms with Gasteiger partial charge in [-0.15, -0.1) is 0 Å². The summed E-state index contributed by atoms with van der Waals surface area (Å²) in [6, 6.07) is 13.0. The third-order valence-corrected chi connectivity index (χ3v) is 6.17. The van der Waals surface area contributed by atoms with Crippen LogP contribution in [0.25, 0.3) is 22.5 Å². The summed E-state index contributed by atoms with van der Waals surface area (Å²) >= 11 is 0. The number of benzene rings is 3. The van der Waals surface area contributed by atoms with Gasteiger partial charge in [-0.05, 0) is 73.6 Å².